The molecule has 0 atom stereocenters. The molecule has 0 saturated heterocycles. The van der Waals surface area contributed by atoms with Crippen molar-refractivity contribution in [3.05, 3.63) is 0 Å². The Morgan fingerprint density at radius 3 is 2.67 bits per heavy atom. The van der Waals surface area contributed by atoms with Gasteiger partial charge in [0.05, 0.1) is 0 Å². The fourth-order valence-electron chi connectivity index (χ4n) is 1.28. The lowest BCUT2D eigenvalue weighted by molar-refractivity contribution is -0.122. The van der Waals surface area contributed by atoms with Gasteiger partial charge in [-0.2, -0.15) is 0 Å². The molecular weight excluding hydrogens is 152 g/mol. The summed E-state index contributed by atoms with van der Waals surface area (Å²) in [4.78, 5) is 11.2. The van der Waals surface area contributed by atoms with E-state index in [4.69, 9.17) is 5.73 Å². The van der Waals surface area contributed by atoms with Gasteiger partial charge in [-0.1, -0.05) is 0 Å². The maximum absolute atomic E-state index is 11.2. The molecule has 1 rings (SSSR count). The highest BCUT2D eigenvalue weighted by atomic mass is 16.1. The molecule has 0 aromatic heterocycles. The number of hydrogen-bond acceptors (Lipinski definition) is 2. The summed E-state index contributed by atoms with van der Waals surface area (Å²) in [6, 6.07) is 0.482. The van der Waals surface area contributed by atoms with Crippen LogP contribution in [0.3, 0.4) is 0 Å². The molecule has 0 unspecified atom stereocenters. The molecule has 1 aliphatic rings. The van der Waals surface area contributed by atoms with Gasteiger partial charge < -0.3 is 11.1 Å². The van der Waals surface area contributed by atoms with Crippen LogP contribution in [0.1, 0.15) is 38.5 Å². The smallest absolute Gasteiger partial charge is 0.220 e. The molecule has 0 aromatic rings. The van der Waals surface area contributed by atoms with Crippen LogP contribution in [-0.2, 0) is 4.79 Å². The summed E-state index contributed by atoms with van der Waals surface area (Å²) in [5, 5.41) is 3.00. The Labute approximate surface area is 73.7 Å². The average Bonchev–Trinajstić information content (AvgIpc) is 1.98. The number of amides is 1. The Kier molecular flexibility index (Phi) is 4.08. The normalized spacial score (nSPS) is 17.1. The second-order valence-corrected chi connectivity index (χ2v) is 3.44. The van der Waals surface area contributed by atoms with E-state index in [9.17, 15) is 4.79 Å². The van der Waals surface area contributed by atoms with Crippen LogP contribution in [0.15, 0.2) is 0 Å². The van der Waals surface area contributed by atoms with Crippen molar-refractivity contribution in [3.8, 4) is 0 Å². The number of nitrogens with one attached hydrogen (secondary N) is 1. The van der Waals surface area contributed by atoms with E-state index in [0.717, 1.165) is 12.8 Å². The van der Waals surface area contributed by atoms with Crippen molar-refractivity contribution in [2.75, 3.05) is 6.54 Å². The van der Waals surface area contributed by atoms with E-state index in [1.54, 1.807) is 0 Å². The third-order valence-electron chi connectivity index (χ3n) is 2.33. The molecule has 1 amide bonds. The first-order valence-corrected chi connectivity index (χ1v) is 4.82. The summed E-state index contributed by atoms with van der Waals surface area (Å²) in [7, 11) is 0. The van der Waals surface area contributed by atoms with Crippen LogP contribution in [0, 0.1) is 0 Å². The van der Waals surface area contributed by atoms with Crippen molar-refractivity contribution in [3.63, 3.8) is 0 Å². The number of unbranched alkanes of at least 4 members (excludes halogenated alkanes) is 1. The van der Waals surface area contributed by atoms with E-state index < -0.39 is 0 Å². The van der Waals surface area contributed by atoms with E-state index in [0.29, 0.717) is 19.0 Å². The maximum Gasteiger partial charge on any atom is 0.220 e. The Balaban J connectivity index is 1.95. The van der Waals surface area contributed by atoms with Crippen LogP contribution in [0.2, 0.25) is 0 Å². The maximum atomic E-state index is 11.2. The first-order chi connectivity index (χ1) is 5.83. The van der Waals surface area contributed by atoms with Gasteiger partial charge in [-0.25, -0.2) is 0 Å². The zero-order chi connectivity index (χ0) is 8.81. The lowest BCUT2D eigenvalue weighted by atomic mass is 9.93. The topological polar surface area (TPSA) is 55.1 Å². The van der Waals surface area contributed by atoms with Crippen LogP contribution in [0.25, 0.3) is 0 Å². The second kappa shape index (κ2) is 5.14. The number of carbonyl (C=O) groups is 1. The monoisotopic (exact) mass is 170 g/mol. The van der Waals surface area contributed by atoms with Gasteiger partial charge in [0.2, 0.25) is 5.91 Å². The van der Waals surface area contributed by atoms with Gasteiger partial charge in [-0.05, 0) is 38.6 Å². The average molecular weight is 170 g/mol. The lowest BCUT2D eigenvalue weighted by Crippen LogP contribution is -2.39. The molecule has 0 aromatic carbocycles. The number of nitrogens with two attached hydrogens (primary N) is 1. The quantitative estimate of drug-likeness (QED) is 0.599. The largest absolute Gasteiger partial charge is 0.353 e. The van der Waals surface area contributed by atoms with E-state index in [1.165, 1.54) is 19.3 Å². The van der Waals surface area contributed by atoms with Gasteiger partial charge in [0, 0.05) is 12.5 Å². The van der Waals surface area contributed by atoms with Crippen LogP contribution < -0.4 is 11.1 Å². The van der Waals surface area contributed by atoms with E-state index >= 15 is 0 Å². The molecule has 12 heavy (non-hydrogen) atoms. The number of hydrogen-bond donors (Lipinski definition) is 2. The summed E-state index contributed by atoms with van der Waals surface area (Å²) in [6.07, 6.45) is 6.14. The predicted molar refractivity (Wildman–Crippen MR) is 48.7 cm³/mol. The van der Waals surface area contributed by atoms with Crippen LogP contribution in [0.5, 0.6) is 0 Å². The fraction of sp³-hybridized carbons (Fsp3) is 0.889. The molecule has 70 valence electrons. The first-order valence-electron chi connectivity index (χ1n) is 4.82. The third-order valence-corrected chi connectivity index (χ3v) is 2.33. The summed E-state index contributed by atoms with van der Waals surface area (Å²) in [6.45, 7) is 0.691. The second-order valence-electron chi connectivity index (χ2n) is 3.44. The van der Waals surface area contributed by atoms with E-state index in [1.807, 2.05) is 0 Å². The van der Waals surface area contributed by atoms with Crippen LogP contribution >= 0.6 is 0 Å². The van der Waals surface area contributed by atoms with Gasteiger partial charge >= 0.3 is 0 Å². The summed E-state index contributed by atoms with van der Waals surface area (Å²) >= 11 is 0. The van der Waals surface area contributed by atoms with Crippen molar-refractivity contribution in [1.82, 2.24) is 5.32 Å². The highest BCUT2D eigenvalue weighted by Crippen LogP contribution is 2.18. The van der Waals surface area contributed by atoms with E-state index in [-0.39, 0.29) is 5.91 Å². The minimum atomic E-state index is 0.202. The Hall–Kier alpha value is -0.570. The molecule has 3 heteroatoms. The molecule has 3 N–H and O–H groups in total. The molecule has 0 spiro atoms. The molecule has 0 radical (unpaired) electrons. The van der Waals surface area contributed by atoms with E-state index in [2.05, 4.69) is 5.32 Å². The van der Waals surface area contributed by atoms with Gasteiger partial charge in [0.1, 0.15) is 0 Å². The zero-order valence-corrected chi connectivity index (χ0v) is 7.51. The number of rotatable bonds is 5. The molecule has 1 fully saturated rings. The lowest BCUT2D eigenvalue weighted by Gasteiger charge is -2.26. The fourth-order valence-corrected chi connectivity index (χ4v) is 1.28. The molecule has 1 saturated carbocycles. The van der Waals surface area contributed by atoms with Gasteiger partial charge in [-0.3, -0.25) is 4.79 Å². The van der Waals surface area contributed by atoms with Crippen molar-refractivity contribution < 1.29 is 4.79 Å². The Bertz CT molecular complexity index is 143. The Morgan fingerprint density at radius 2 is 2.17 bits per heavy atom. The van der Waals surface area contributed by atoms with Crippen molar-refractivity contribution in [1.29, 1.82) is 0 Å². The summed E-state index contributed by atoms with van der Waals surface area (Å²) in [5.41, 5.74) is 5.32. The molecule has 0 bridgehead atoms. The van der Waals surface area contributed by atoms with Gasteiger partial charge in [-0.15, -0.1) is 0 Å². The van der Waals surface area contributed by atoms with Crippen molar-refractivity contribution >= 4 is 5.91 Å². The molecule has 0 heterocycles. The first kappa shape index (κ1) is 9.52. The molecular formula is C9H18N2O. The van der Waals surface area contributed by atoms with Crippen LogP contribution in [0.4, 0.5) is 0 Å². The van der Waals surface area contributed by atoms with Crippen molar-refractivity contribution in [2.45, 2.75) is 44.6 Å². The SMILES string of the molecule is NCCCCC(=O)NC1CCC1. The highest BCUT2D eigenvalue weighted by Gasteiger charge is 2.18. The minimum absolute atomic E-state index is 0.202. The van der Waals surface area contributed by atoms with Gasteiger partial charge in [0.25, 0.3) is 0 Å². The Morgan fingerprint density at radius 1 is 1.42 bits per heavy atom. The molecule has 3 nitrogen and oxygen atoms in total. The third kappa shape index (κ3) is 3.22. The summed E-state index contributed by atoms with van der Waals surface area (Å²) in [5.74, 6) is 0.202. The molecule has 1 aliphatic carbocycles. The van der Waals surface area contributed by atoms with Gasteiger partial charge in [0.15, 0.2) is 0 Å². The minimum Gasteiger partial charge on any atom is -0.353 e. The predicted octanol–water partition coefficient (Wildman–Crippen LogP) is 0.784. The molecule has 0 aliphatic heterocycles. The zero-order valence-electron chi connectivity index (χ0n) is 7.51. The van der Waals surface area contributed by atoms with Crippen LogP contribution in [-0.4, -0.2) is 18.5 Å². The van der Waals surface area contributed by atoms with Crippen molar-refractivity contribution in [2.24, 2.45) is 5.73 Å². The highest BCUT2D eigenvalue weighted by molar-refractivity contribution is 5.76. The standard InChI is InChI=1S/C9H18N2O/c10-7-2-1-6-9(12)11-8-4-3-5-8/h8H,1-7,10H2,(H,11,12). The summed E-state index contributed by atoms with van der Waals surface area (Å²) < 4.78 is 0. The number of carbonyl (C=O) groups excluding carboxylic acids is 1.